The Morgan fingerprint density at radius 1 is 1.00 bits per heavy atom. The highest BCUT2D eigenvalue weighted by Gasteiger charge is 2.39. The van der Waals surface area contributed by atoms with Crippen LogP contribution in [0.15, 0.2) is 0 Å². The van der Waals surface area contributed by atoms with Crippen LogP contribution in [0.5, 0.6) is 0 Å². The van der Waals surface area contributed by atoms with Gasteiger partial charge in [0.1, 0.15) is 0 Å². The van der Waals surface area contributed by atoms with Crippen LogP contribution >= 0.6 is 16.1 Å². The van der Waals surface area contributed by atoms with Gasteiger partial charge in [-0.1, -0.05) is 0 Å². The van der Waals surface area contributed by atoms with Gasteiger partial charge in [-0.25, -0.2) is 3.93 Å². The van der Waals surface area contributed by atoms with Gasteiger partial charge in [-0.2, -0.15) is 0 Å². The second-order valence-corrected chi connectivity index (χ2v) is 5.47. The standard InChI is InChI=1S/C9H18BrN/c1-8(2)6-5-7-9(3,4)11(8)10/h5-7H2,1-4H3. The Morgan fingerprint density at radius 2 is 1.36 bits per heavy atom. The number of nitrogens with zero attached hydrogens (tertiary/aromatic N) is 1. The van der Waals surface area contributed by atoms with Crippen molar-refractivity contribution in [3.05, 3.63) is 0 Å². The smallest absolute Gasteiger partial charge is 0.0266 e. The highest BCUT2D eigenvalue weighted by Crippen LogP contribution is 2.40. The lowest BCUT2D eigenvalue weighted by Crippen LogP contribution is -2.52. The fraction of sp³-hybridized carbons (Fsp3) is 1.00. The van der Waals surface area contributed by atoms with Gasteiger partial charge in [0.2, 0.25) is 0 Å². The molecule has 0 N–H and O–H groups in total. The van der Waals surface area contributed by atoms with Crippen LogP contribution in [0.25, 0.3) is 0 Å². The molecule has 0 spiro atoms. The molecule has 1 saturated heterocycles. The molecule has 0 bridgehead atoms. The molecule has 1 rings (SSSR count). The van der Waals surface area contributed by atoms with Crippen molar-refractivity contribution in [1.82, 2.24) is 3.93 Å². The van der Waals surface area contributed by atoms with E-state index in [1.807, 2.05) is 0 Å². The van der Waals surface area contributed by atoms with Gasteiger partial charge < -0.3 is 0 Å². The first-order chi connectivity index (χ1) is 4.86. The van der Waals surface area contributed by atoms with E-state index < -0.39 is 0 Å². The molecule has 0 aromatic rings. The van der Waals surface area contributed by atoms with Gasteiger partial charge in [0.15, 0.2) is 0 Å². The quantitative estimate of drug-likeness (QED) is 0.566. The SMILES string of the molecule is CC1(C)CCCC(C)(C)N1Br. The third-order valence-corrected chi connectivity index (χ3v) is 4.56. The van der Waals surface area contributed by atoms with Crippen molar-refractivity contribution in [3.8, 4) is 0 Å². The number of rotatable bonds is 0. The summed E-state index contributed by atoms with van der Waals surface area (Å²) in [6.45, 7) is 9.18. The van der Waals surface area contributed by atoms with Crippen LogP contribution in [0.1, 0.15) is 47.0 Å². The summed E-state index contributed by atoms with van der Waals surface area (Å²) in [5.41, 5.74) is 0.642. The van der Waals surface area contributed by atoms with Crippen molar-refractivity contribution < 1.29 is 0 Å². The third kappa shape index (κ3) is 1.78. The first-order valence-electron chi connectivity index (χ1n) is 4.32. The minimum atomic E-state index is 0.321. The number of piperidine rings is 1. The molecule has 0 radical (unpaired) electrons. The van der Waals surface area contributed by atoms with E-state index in [1.54, 1.807) is 0 Å². The van der Waals surface area contributed by atoms with Gasteiger partial charge in [-0.3, -0.25) is 0 Å². The minimum absolute atomic E-state index is 0.321. The maximum absolute atomic E-state index is 3.66. The molecular formula is C9H18BrN. The predicted octanol–water partition coefficient (Wildman–Crippen LogP) is 3.34. The normalized spacial score (nSPS) is 30.3. The van der Waals surface area contributed by atoms with Crippen LogP contribution in [-0.4, -0.2) is 15.0 Å². The lowest BCUT2D eigenvalue weighted by molar-refractivity contribution is 0.0758. The lowest BCUT2D eigenvalue weighted by atomic mass is 9.83. The minimum Gasteiger partial charge on any atom is -0.231 e. The summed E-state index contributed by atoms with van der Waals surface area (Å²) in [6, 6.07) is 0. The maximum atomic E-state index is 3.66. The summed E-state index contributed by atoms with van der Waals surface area (Å²) in [4.78, 5) is 0. The molecule has 1 aliphatic rings. The molecule has 0 saturated carbocycles. The molecule has 0 atom stereocenters. The van der Waals surface area contributed by atoms with Crippen molar-refractivity contribution in [1.29, 1.82) is 0 Å². The van der Waals surface area contributed by atoms with E-state index in [2.05, 4.69) is 47.8 Å². The summed E-state index contributed by atoms with van der Waals surface area (Å²) in [5.74, 6) is 0. The van der Waals surface area contributed by atoms with E-state index in [-0.39, 0.29) is 0 Å². The van der Waals surface area contributed by atoms with Crippen LogP contribution in [0.4, 0.5) is 0 Å². The van der Waals surface area contributed by atoms with Crippen molar-refractivity contribution in [2.24, 2.45) is 0 Å². The molecule has 2 heteroatoms. The largest absolute Gasteiger partial charge is 0.231 e. The van der Waals surface area contributed by atoms with E-state index in [1.165, 1.54) is 19.3 Å². The molecule has 0 unspecified atom stereocenters. The average molecular weight is 220 g/mol. The number of hydrogen-bond acceptors (Lipinski definition) is 1. The zero-order valence-corrected chi connectivity index (χ0v) is 9.53. The molecule has 1 fully saturated rings. The summed E-state index contributed by atoms with van der Waals surface area (Å²) >= 11 is 3.66. The Kier molecular flexibility index (Phi) is 2.37. The fourth-order valence-corrected chi connectivity index (χ4v) is 2.32. The topological polar surface area (TPSA) is 3.24 Å². The zero-order chi connectivity index (χ0) is 8.70. The number of hydrogen-bond donors (Lipinski definition) is 0. The van der Waals surface area contributed by atoms with Crippen molar-refractivity contribution in [2.45, 2.75) is 58.0 Å². The predicted molar refractivity (Wildman–Crippen MR) is 52.8 cm³/mol. The molecule has 0 aliphatic carbocycles. The maximum Gasteiger partial charge on any atom is 0.0266 e. The van der Waals surface area contributed by atoms with Gasteiger partial charge in [-0.15, -0.1) is 0 Å². The molecule has 0 aromatic heterocycles. The summed E-state index contributed by atoms with van der Waals surface area (Å²) < 4.78 is 2.33. The second-order valence-electron chi connectivity index (χ2n) is 4.76. The Balaban J connectivity index is 2.76. The molecule has 1 nitrogen and oxygen atoms in total. The van der Waals surface area contributed by atoms with Gasteiger partial charge >= 0.3 is 0 Å². The lowest BCUT2D eigenvalue weighted by Gasteiger charge is -2.48. The first kappa shape index (κ1) is 9.53. The highest BCUT2D eigenvalue weighted by molar-refractivity contribution is 9.07. The summed E-state index contributed by atoms with van der Waals surface area (Å²) in [6.07, 6.45) is 3.94. The van der Waals surface area contributed by atoms with Crippen LogP contribution in [0.2, 0.25) is 0 Å². The van der Waals surface area contributed by atoms with Gasteiger partial charge in [-0.05, 0) is 47.0 Å². The molecule has 0 amide bonds. The monoisotopic (exact) mass is 219 g/mol. The van der Waals surface area contributed by atoms with E-state index >= 15 is 0 Å². The second kappa shape index (κ2) is 2.74. The first-order valence-corrected chi connectivity index (χ1v) is 5.03. The van der Waals surface area contributed by atoms with Crippen LogP contribution in [0, 0.1) is 0 Å². The Morgan fingerprint density at radius 3 is 1.64 bits per heavy atom. The van der Waals surface area contributed by atoms with Crippen LogP contribution in [-0.2, 0) is 0 Å². The molecule has 1 aliphatic heterocycles. The van der Waals surface area contributed by atoms with E-state index in [0.29, 0.717) is 11.1 Å². The van der Waals surface area contributed by atoms with E-state index in [4.69, 9.17) is 0 Å². The fourth-order valence-electron chi connectivity index (χ4n) is 1.97. The molecule has 1 heterocycles. The Labute approximate surface area is 78.5 Å². The van der Waals surface area contributed by atoms with Crippen molar-refractivity contribution in [3.63, 3.8) is 0 Å². The molecule has 0 aromatic carbocycles. The van der Waals surface area contributed by atoms with Crippen molar-refractivity contribution in [2.75, 3.05) is 0 Å². The van der Waals surface area contributed by atoms with Gasteiger partial charge in [0.05, 0.1) is 0 Å². The van der Waals surface area contributed by atoms with Crippen molar-refractivity contribution >= 4 is 16.1 Å². The van der Waals surface area contributed by atoms with Crippen LogP contribution in [0.3, 0.4) is 0 Å². The van der Waals surface area contributed by atoms with Gasteiger partial charge in [0.25, 0.3) is 0 Å². The zero-order valence-electron chi connectivity index (χ0n) is 7.95. The third-order valence-electron chi connectivity index (χ3n) is 2.64. The molecular weight excluding hydrogens is 202 g/mol. The van der Waals surface area contributed by atoms with Crippen LogP contribution < -0.4 is 0 Å². The average Bonchev–Trinajstić information content (AvgIpc) is 1.82. The summed E-state index contributed by atoms with van der Waals surface area (Å²) in [7, 11) is 0. The molecule has 66 valence electrons. The van der Waals surface area contributed by atoms with E-state index in [0.717, 1.165) is 0 Å². The Bertz CT molecular complexity index is 136. The van der Waals surface area contributed by atoms with Gasteiger partial charge in [0, 0.05) is 27.2 Å². The molecule has 11 heavy (non-hydrogen) atoms. The summed E-state index contributed by atoms with van der Waals surface area (Å²) in [5, 5.41) is 0. The number of halogens is 1. The Hall–Kier alpha value is 0.440. The van der Waals surface area contributed by atoms with E-state index in [9.17, 15) is 0 Å². The highest BCUT2D eigenvalue weighted by atomic mass is 79.9.